The lowest BCUT2D eigenvalue weighted by Crippen LogP contribution is -2.29. The van der Waals surface area contributed by atoms with E-state index >= 15 is 0 Å². The van der Waals surface area contributed by atoms with Crippen molar-refractivity contribution in [2.24, 2.45) is 5.41 Å². The highest BCUT2D eigenvalue weighted by Gasteiger charge is 2.41. The van der Waals surface area contributed by atoms with Crippen molar-refractivity contribution in [3.8, 4) is 0 Å². The lowest BCUT2D eigenvalue weighted by molar-refractivity contribution is 0.387. The molecule has 0 aromatic rings. The normalized spacial score (nSPS) is 18.4. The van der Waals surface area contributed by atoms with E-state index in [2.05, 4.69) is 26.1 Å². The molecule has 1 N–H and O–H groups in total. The minimum atomic E-state index is 0.655. The summed E-state index contributed by atoms with van der Waals surface area (Å²) in [6.07, 6.45) is 11.6. The van der Waals surface area contributed by atoms with Crippen LogP contribution in [0, 0.1) is 5.41 Å². The number of unbranched alkanes of at least 4 members (excludes halogenated alkanes) is 4. The first-order valence-corrected chi connectivity index (χ1v) is 6.92. The topological polar surface area (TPSA) is 12.0 Å². The van der Waals surface area contributed by atoms with Gasteiger partial charge in [-0.1, -0.05) is 52.9 Å². The quantitative estimate of drug-likeness (QED) is 0.566. The van der Waals surface area contributed by atoms with Crippen molar-refractivity contribution in [3.05, 3.63) is 0 Å². The lowest BCUT2D eigenvalue weighted by atomic mass is 9.97. The second kappa shape index (κ2) is 6.52. The average molecular weight is 211 g/mol. The monoisotopic (exact) mass is 211 g/mol. The highest BCUT2D eigenvalue weighted by molar-refractivity contribution is 4.94. The molecule has 1 fully saturated rings. The van der Waals surface area contributed by atoms with Crippen molar-refractivity contribution in [2.75, 3.05) is 6.54 Å². The fourth-order valence-corrected chi connectivity index (χ4v) is 2.22. The molecule has 0 saturated heterocycles. The van der Waals surface area contributed by atoms with Crippen LogP contribution in [0.2, 0.25) is 0 Å². The van der Waals surface area contributed by atoms with E-state index in [1.807, 2.05) is 0 Å². The van der Waals surface area contributed by atoms with Crippen molar-refractivity contribution in [3.63, 3.8) is 0 Å². The molecule has 0 aromatic heterocycles. The van der Waals surface area contributed by atoms with Crippen molar-refractivity contribution in [2.45, 2.75) is 78.2 Å². The van der Waals surface area contributed by atoms with Crippen molar-refractivity contribution >= 4 is 0 Å². The van der Waals surface area contributed by atoms with Crippen LogP contribution < -0.4 is 5.32 Å². The summed E-state index contributed by atoms with van der Waals surface area (Å²) in [4.78, 5) is 0. The molecule has 0 aromatic carbocycles. The lowest BCUT2D eigenvalue weighted by Gasteiger charge is -2.17. The van der Waals surface area contributed by atoms with Crippen LogP contribution in [0.25, 0.3) is 0 Å². The van der Waals surface area contributed by atoms with Gasteiger partial charge in [0.05, 0.1) is 0 Å². The van der Waals surface area contributed by atoms with Crippen LogP contribution >= 0.6 is 0 Å². The third kappa shape index (κ3) is 5.55. The number of rotatable bonds is 9. The van der Waals surface area contributed by atoms with E-state index < -0.39 is 0 Å². The summed E-state index contributed by atoms with van der Waals surface area (Å²) in [5, 5.41) is 3.60. The summed E-state index contributed by atoms with van der Waals surface area (Å²) in [6, 6.07) is 0.655. The fourth-order valence-electron chi connectivity index (χ4n) is 2.22. The molecule has 0 spiro atoms. The Labute approximate surface area is 96.0 Å². The van der Waals surface area contributed by atoms with E-state index in [0.29, 0.717) is 6.04 Å². The van der Waals surface area contributed by atoms with E-state index in [9.17, 15) is 0 Å². The largest absolute Gasteiger partial charge is 0.314 e. The molecule has 1 aliphatic carbocycles. The van der Waals surface area contributed by atoms with Gasteiger partial charge in [-0.05, 0) is 24.7 Å². The average Bonchev–Trinajstić information content (AvgIpc) is 2.96. The van der Waals surface area contributed by atoms with Gasteiger partial charge in [0, 0.05) is 12.6 Å². The van der Waals surface area contributed by atoms with Crippen LogP contribution in [0.4, 0.5) is 0 Å². The summed E-state index contributed by atoms with van der Waals surface area (Å²) < 4.78 is 0. The van der Waals surface area contributed by atoms with Crippen LogP contribution in [0.3, 0.4) is 0 Å². The molecule has 0 bridgehead atoms. The molecular weight excluding hydrogens is 182 g/mol. The van der Waals surface area contributed by atoms with Gasteiger partial charge in [0.2, 0.25) is 0 Å². The molecular formula is C14H29N. The van der Waals surface area contributed by atoms with Crippen molar-refractivity contribution in [1.82, 2.24) is 5.32 Å². The number of hydrogen-bond acceptors (Lipinski definition) is 1. The third-order valence-electron chi connectivity index (χ3n) is 3.65. The van der Waals surface area contributed by atoms with Gasteiger partial charge in [-0.3, -0.25) is 0 Å². The summed E-state index contributed by atoms with van der Waals surface area (Å²) in [6.45, 7) is 8.04. The Kier molecular flexibility index (Phi) is 5.66. The van der Waals surface area contributed by atoms with E-state index in [1.165, 1.54) is 57.9 Å². The summed E-state index contributed by atoms with van der Waals surface area (Å²) in [5.74, 6) is 0. The Balaban J connectivity index is 1.99. The van der Waals surface area contributed by atoms with E-state index in [1.54, 1.807) is 0 Å². The van der Waals surface area contributed by atoms with Gasteiger partial charge in [-0.15, -0.1) is 0 Å². The smallest absolute Gasteiger partial charge is 0.00106 e. The van der Waals surface area contributed by atoms with Crippen molar-refractivity contribution < 1.29 is 0 Å². The zero-order valence-electron chi connectivity index (χ0n) is 10.9. The second-order valence-electron chi connectivity index (χ2n) is 5.70. The third-order valence-corrected chi connectivity index (χ3v) is 3.65. The molecule has 1 heteroatoms. The van der Waals surface area contributed by atoms with Crippen molar-refractivity contribution in [1.29, 1.82) is 0 Å². The molecule has 0 unspecified atom stereocenters. The summed E-state index contributed by atoms with van der Waals surface area (Å²) in [5.41, 5.74) is 0.719. The molecule has 0 heterocycles. The molecule has 1 saturated carbocycles. The van der Waals surface area contributed by atoms with Crippen LogP contribution in [-0.4, -0.2) is 12.6 Å². The number of nitrogens with one attached hydrogen (secondary N) is 1. The van der Waals surface area contributed by atoms with E-state index in [4.69, 9.17) is 0 Å². The highest BCUT2D eigenvalue weighted by atomic mass is 14.9. The first kappa shape index (κ1) is 13.0. The SMILES string of the molecule is CCCCCCCC1(CNC(C)C)CC1. The van der Waals surface area contributed by atoms with Gasteiger partial charge in [0.15, 0.2) is 0 Å². The van der Waals surface area contributed by atoms with Gasteiger partial charge in [-0.2, -0.15) is 0 Å². The summed E-state index contributed by atoms with van der Waals surface area (Å²) >= 11 is 0. The Morgan fingerprint density at radius 2 is 1.73 bits per heavy atom. The first-order valence-electron chi connectivity index (χ1n) is 6.92. The minimum Gasteiger partial charge on any atom is -0.314 e. The molecule has 90 valence electrons. The number of hydrogen-bond donors (Lipinski definition) is 1. The van der Waals surface area contributed by atoms with Crippen LogP contribution in [0.15, 0.2) is 0 Å². The standard InChI is InChI=1S/C14H29N/c1-4-5-6-7-8-9-14(10-11-14)12-15-13(2)3/h13,15H,4-12H2,1-3H3. The van der Waals surface area contributed by atoms with Gasteiger partial charge < -0.3 is 5.32 Å². The first-order chi connectivity index (χ1) is 7.18. The predicted octanol–water partition coefficient (Wildman–Crippen LogP) is 4.13. The summed E-state index contributed by atoms with van der Waals surface area (Å²) in [7, 11) is 0. The van der Waals surface area contributed by atoms with Gasteiger partial charge in [0.1, 0.15) is 0 Å². The fraction of sp³-hybridized carbons (Fsp3) is 1.00. The van der Waals surface area contributed by atoms with Crippen LogP contribution in [-0.2, 0) is 0 Å². The Hall–Kier alpha value is -0.0400. The maximum absolute atomic E-state index is 3.60. The molecule has 0 atom stereocenters. The predicted molar refractivity (Wildman–Crippen MR) is 68.2 cm³/mol. The Morgan fingerprint density at radius 1 is 1.07 bits per heavy atom. The van der Waals surface area contributed by atoms with Gasteiger partial charge >= 0.3 is 0 Å². The van der Waals surface area contributed by atoms with Gasteiger partial charge in [-0.25, -0.2) is 0 Å². The molecule has 0 amide bonds. The van der Waals surface area contributed by atoms with Crippen LogP contribution in [0.5, 0.6) is 0 Å². The molecule has 0 radical (unpaired) electrons. The zero-order chi connectivity index (χ0) is 11.1. The molecule has 0 aliphatic heterocycles. The van der Waals surface area contributed by atoms with Crippen LogP contribution in [0.1, 0.15) is 72.1 Å². The van der Waals surface area contributed by atoms with E-state index in [-0.39, 0.29) is 0 Å². The molecule has 1 aliphatic rings. The van der Waals surface area contributed by atoms with E-state index in [0.717, 1.165) is 5.41 Å². The minimum absolute atomic E-state index is 0.655. The maximum Gasteiger partial charge on any atom is 0.00106 e. The maximum atomic E-state index is 3.60. The Morgan fingerprint density at radius 3 is 2.27 bits per heavy atom. The second-order valence-corrected chi connectivity index (χ2v) is 5.70. The highest BCUT2D eigenvalue weighted by Crippen LogP contribution is 2.49. The van der Waals surface area contributed by atoms with Gasteiger partial charge in [0.25, 0.3) is 0 Å². The molecule has 15 heavy (non-hydrogen) atoms. The molecule has 1 nitrogen and oxygen atoms in total. The Bertz CT molecular complexity index is 159. The molecule has 1 rings (SSSR count). The zero-order valence-corrected chi connectivity index (χ0v) is 10.9.